The summed E-state index contributed by atoms with van der Waals surface area (Å²) in [7, 11) is 0. The summed E-state index contributed by atoms with van der Waals surface area (Å²) in [5.41, 5.74) is -4.38. The van der Waals surface area contributed by atoms with Crippen LogP contribution in [-0.2, 0) is 66.4 Å². The van der Waals surface area contributed by atoms with Crippen molar-refractivity contribution in [2.45, 2.75) is 271 Å². The van der Waals surface area contributed by atoms with E-state index >= 15 is 0 Å². The van der Waals surface area contributed by atoms with E-state index in [1.54, 1.807) is 0 Å². The molecule has 0 unspecified atom stereocenters. The lowest BCUT2D eigenvalue weighted by molar-refractivity contribution is -0.398. The van der Waals surface area contributed by atoms with E-state index < -0.39 is 231 Å². The zero-order valence-corrected chi connectivity index (χ0v) is 51.4. The van der Waals surface area contributed by atoms with E-state index in [-0.39, 0.29) is 36.2 Å². The van der Waals surface area contributed by atoms with E-state index in [0.29, 0.717) is 32.1 Å². The largest absolute Gasteiger partial charge is 0.462 e. The Kier molecular flexibility index (Phi) is 19.2. The van der Waals surface area contributed by atoms with Crippen LogP contribution in [0.2, 0.25) is 0 Å². The van der Waals surface area contributed by atoms with Crippen LogP contribution in [0.15, 0.2) is 0 Å². The minimum Gasteiger partial charge on any atom is -0.462 e. The average molecular weight is 1280 g/mol. The monoisotopic (exact) mass is 1280 g/mol. The first-order valence-electron chi connectivity index (χ1n) is 31.6. The van der Waals surface area contributed by atoms with Crippen molar-refractivity contribution in [1.82, 2.24) is 0 Å². The molecule has 29 heteroatoms. The second-order valence-electron chi connectivity index (χ2n) is 29.3. The number of carbonyl (C=O) groups is 2. The maximum Gasteiger partial charge on any atom is 0.302 e. The molecule has 2 bridgehead atoms. The van der Waals surface area contributed by atoms with Crippen LogP contribution < -0.4 is 0 Å². The molecule has 11 aliphatic rings. The maximum absolute atomic E-state index is 12.9. The molecule has 89 heavy (non-hydrogen) atoms. The molecule has 6 heterocycles. The molecule has 11 rings (SSSR count). The van der Waals surface area contributed by atoms with Crippen LogP contribution in [-0.4, -0.2) is 294 Å². The number of rotatable bonds is 15. The van der Waals surface area contributed by atoms with E-state index in [9.17, 15) is 86.2 Å². The summed E-state index contributed by atoms with van der Waals surface area (Å²) in [6, 6.07) is 0. The molecule has 510 valence electrons. The van der Waals surface area contributed by atoms with E-state index in [0.717, 1.165) is 25.5 Å². The van der Waals surface area contributed by atoms with Gasteiger partial charge < -0.3 is 138 Å². The Morgan fingerprint density at radius 1 is 0.517 bits per heavy atom. The fourth-order valence-corrected chi connectivity index (χ4v) is 19.3. The van der Waals surface area contributed by atoms with Crippen LogP contribution in [0.25, 0.3) is 0 Å². The number of aliphatic hydroxyl groups excluding tert-OH is 15. The molecule has 5 saturated carbocycles. The number of esters is 1. The van der Waals surface area contributed by atoms with Gasteiger partial charge in [-0.3, -0.25) is 4.79 Å². The van der Waals surface area contributed by atoms with Crippen molar-refractivity contribution in [2.24, 2.45) is 50.2 Å². The predicted octanol–water partition coefficient (Wildman–Crippen LogP) is -4.53. The second kappa shape index (κ2) is 24.9. The first kappa shape index (κ1) is 68.5. The molecule has 0 aromatic carbocycles. The van der Waals surface area contributed by atoms with Crippen molar-refractivity contribution in [3.8, 4) is 0 Å². The summed E-state index contributed by atoms with van der Waals surface area (Å²) >= 11 is 0. The third kappa shape index (κ3) is 10.8. The molecule has 11 fully saturated rings. The van der Waals surface area contributed by atoms with Crippen LogP contribution in [0.3, 0.4) is 0 Å². The Morgan fingerprint density at radius 3 is 1.73 bits per heavy atom. The number of aliphatic hydroxyl groups is 15. The number of hydrogen-bond acceptors (Lipinski definition) is 29. The molecule has 35 atom stereocenters. The highest BCUT2D eigenvalue weighted by atomic mass is 16.8. The predicted molar refractivity (Wildman–Crippen MR) is 294 cm³/mol. The summed E-state index contributed by atoms with van der Waals surface area (Å²) in [4.78, 5) is 25.6. The Balaban J connectivity index is 0.861. The van der Waals surface area contributed by atoms with Crippen molar-refractivity contribution >= 4 is 12.3 Å². The Hall–Kier alpha value is -1.90. The molecule has 5 aliphatic carbocycles. The van der Waals surface area contributed by atoms with Gasteiger partial charge in [-0.15, -0.1) is 0 Å². The lowest BCUT2D eigenvalue weighted by Gasteiger charge is -2.75. The highest BCUT2D eigenvalue weighted by Crippen LogP contribution is 2.81. The third-order valence-corrected chi connectivity index (χ3v) is 24.4. The smallest absolute Gasteiger partial charge is 0.302 e. The highest BCUT2D eigenvalue weighted by Gasteiger charge is 2.82. The molecule has 29 nitrogen and oxygen atoms in total. The Labute approximate surface area is 515 Å². The molecule has 0 amide bonds. The van der Waals surface area contributed by atoms with E-state index in [1.165, 1.54) is 6.92 Å². The van der Waals surface area contributed by atoms with Gasteiger partial charge >= 0.3 is 5.97 Å². The van der Waals surface area contributed by atoms with Crippen LogP contribution in [0.4, 0.5) is 0 Å². The normalized spacial score (nSPS) is 56.3. The second-order valence-corrected chi connectivity index (χ2v) is 29.3. The molecule has 6 aliphatic heterocycles. The molecule has 6 saturated heterocycles. The lowest BCUT2D eigenvalue weighted by Crippen LogP contribution is -2.75. The number of hydrogen-bond donors (Lipinski definition) is 15. The Bertz CT molecular complexity index is 2500. The van der Waals surface area contributed by atoms with Crippen LogP contribution in [0.5, 0.6) is 0 Å². The van der Waals surface area contributed by atoms with Crippen molar-refractivity contribution < 1.29 is 143 Å². The number of carbonyl (C=O) groups excluding carboxylic acids is 2. The Morgan fingerprint density at radius 2 is 1.08 bits per heavy atom. The van der Waals surface area contributed by atoms with Gasteiger partial charge in [-0.2, -0.15) is 0 Å². The van der Waals surface area contributed by atoms with Gasteiger partial charge in [-0.05, 0) is 85.9 Å². The average Bonchev–Trinajstić information content (AvgIpc) is 1.61. The van der Waals surface area contributed by atoms with Gasteiger partial charge in [0, 0.05) is 23.7 Å². The molecular formula is C60H96O29. The lowest BCUT2D eigenvalue weighted by atomic mass is 9.30. The fraction of sp³-hybridized carbons (Fsp3) is 0.967. The molecule has 0 aromatic rings. The summed E-state index contributed by atoms with van der Waals surface area (Å²) in [6.07, 6.45) is -36.9. The van der Waals surface area contributed by atoms with Crippen molar-refractivity contribution in [3.05, 3.63) is 0 Å². The first-order valence-corrected chi connectivity index (χ1v) is 31.6. The maximum atomic E-state index is 12.9. The molecule has 0 aromatic heterocycles. The molecule has 0 radical (unpaired) electrons. The molecule has 1 spiro atoms. The van der Waals surface area contributed by atoms with Gasteiger partial charge in [0.25, 0.3) is 0 Å². The summed E-state index contributed by atoms with van der Waals surface area (Å²) in [5, 5.41) is 165. The van der Waals surface area contributed by atoms with Crippen molar-refractivity contribution in [2.75, 3.05) is 39.6 Å². The number of ether oxygens (including phenoxy) is 12. The van der Waals surface area contributed by atoms with E-state index in [4.69, 9.17) is 56.8 Å². The van der Waals surface area contributed by atoms with Crippen LogP contribution >= 0.6 is 0 Å². The van der Waals surface area contributed by atoms with Gasteiger partial charge in [-0.25, -0.2) is 0 Å². The fourth-order valence-electron chi connectivity index (χ4n) is 19.3. The number of fused-ring (bicyclic) bond motifs is 4. The van der Waals surface area contributed by atoms with Gasteiger partial charge in [0.1, 0.15) is 122 Å². The SMILES string of the molecule is CC(=O)O[C@@H]1C[C@](C)(C=O)C[C@@H]2[C@]13CO[C@@]21CC[C@@H]2[C@@]4(C)CC[C@H](O[C@@H]5OC[C@H](O[C@@H]6O[C@H](CO)[C@@H](O)[C@H](O)[C@H]6O[C@@H]6OC[C@@H](O)[C@H](O)[C@H]6O)[C@H](O)[C@H]5O[C@@H]5O[C@H](CO)[C@@H](O[C@@H]6O[C@H](CO)[C@@H](O)[C@H](O)[C@H]6O)[C@H](O)[C@H]5O)C(C)(C)[C@@H]4CC[C@@]2(C)[C@]1(C)C[C@H]3O. The highest BCUT2D eigenvalue weighted by molar-refractivity contribution is 5.67. The third-order valence-electron chi connectivity index (χ3n) is 24.4. The van der Waals surface area contributed by atoms with Gasteiger partial charge in [0.15, 0.2) is 31.5 Å². The summed E-state index contributed by atoms with van der Waals surface area (Å²) in [6.45, 7) is 11.0. The topological polar surface area (TPSA) is 448 Å². The van der Waals surface area contributed by atoms with Gasteiger partial charge in [-0.1, -0.05) is 41.5 Å². The summed E-state index contributed by atoms with van der Waals surface area (Å²) in [5.74, 6) is -0.647. The summed E-state index contributed by atoms with van der Waals surface area (Å²) < 4.78 is 74.0. The quantitative estimate of drug-likeness (QED) is 0.0417. The zero-order valence-electron chi connectivity index (χ0n) is 51.4. The first-order chi connectivity index (χ1) is 41.8. The van der Waals surface area contributed by atoms with E-state index in [2.05, 4.69) is 34.6 Å². The number of aldehydes is 1. The molecular weight excluding hydrogens is 1180 g/mol. The van der Waals surface area contributed by atoms with Crippen LogP contribution in [0.1, 0.15) is 106 Å². The standard InChI is InChI=1S/C60H96O29/c1-24(65)81-35-16-55(4,22-64)14-32-59(35)23-80-60(32)13-9-31-56(5)11-10-34(54(2,3)30(56)8-12-57(31,6)58(60,7)15-33(59)67)86-52-47(89-51-45(77)42(74)46(28(19-63)84-51)87-50-44(76)40(72)37(69)26(17-61)82-50)39(71)29(21-79-52)85-53-48(41(73)38(70)27(18-62)83-53)88-49-43(75)36(68)25(66)20-78-49/h22,25-53,61-63,66-77H,8-21,23H2,1-7H3/t25-,26-,27-,28-,29+,30+,31-,32-,33-,34+,35-,36+,37-,38-,39+,40+,41+,42-,43-,44-,45-,46-,47-,48-,49+,50+,51+,52+,53+,55-,56+,57-,58+,59+,60+/m1/s1. The minimum absolute atomic E-state index is 0.00539. The zero-order chi connectivity index (χ0) is 64.6. The minimum atomic E-state index is -2.10. The van der Waals surface area contributed by atoms with E-state index in [1.807, 2.05) is 6.92 Å². The van der Waals surface area contributed by atoms with Crippen molar-refractivity contribution in [3.63, 3.8) is 0 Å². The van der Waals surface area contributed by atoms with Crippen molar-refractivity contribution in [1.29, 1.82) is 0 Å². The van der Waals surface area contributed by atoms with Gasteiger partial charge in [0.2, 0.25) is 0 Å². The van der Waals surface area contributed by atoms with Gasteiger partial charge in [0.05, 0.1) is 62.9 Å². The van der Waals surface area contributed by atoms with Crippen LogP contribution in [0, 0.1) is 50.2 Å². The molecule has 15 N–H and O–H groups in total.